The molecule has 3 aromatic heterocycles. The van der Waals surface area contributed by atoms with Gasteiger partial charge >= 0.3 is 0 Å². The number of methoxy groups -OCH3 is 1. The molecule has 1 aliphatic rings. The van der Waals surface area contributed by atoms with E-state index < -0.39 is 0 Å². The van der Waals surface area contributed by atoms with Crippen LogP contribution in [0.5, 0.6) is 5.75 Å². The lowest BCUT2D eigenvalue weighted by Crippen LogP contribution is -2.49. The fraction of sp³-hybridized carbons (Fsp3) is 0.320. The molecule has 1 aliphatic heterocycles. The number of aromatic nitrogens is 3. The average Bonchev–Trinajstić information content (AvgIpc) is 3.31. The van der Waals surface area contributed by atoms with Crippen LogP contribution >= 0.6 is 11.3 Å². The van der Waals surface area contributed by atoms with Crippen molar-refractivity contribution in [2.75, 3.05) is 19.4 Å². The van der Waals surface area contributed by atoms with Crippen LogP contribution in [0.1, 0.15) is 32.0 Å². The molecule has 4 aromatic rings. The highest BCUT2D eigenvalue weighted by Gasteiger charge is 2.39. The topological polar surface area (TPSA) is 86.3 Å². The molecule has 1 aromatic carbocycles. The second kappa shape index (κ2) is 7.31. The molecule has 0 atom stereocenters. The highest BCUT2D eigenvalue weighted by Crippen LogP contribution is 2.47. The lowest BCUT2D eigenvalue weighted by atomic mass is 9.99. The Morgan fingerprint density at radius 1 is 1.27 bits per heavy atom. The Hall–Kier alpha value is -3.39. The number of carbonyl (C=O) groups is 1. The quantitative estimate of drug-likeness (QED) is 0.440. The van der Waals surface area contributed by atoms with Gasteiger partial charge in [0.05, 0.1) is 29.3 Å². The van der Waals surface area contributed by atoms with Crippen LogP contribution in [0.2, 0.25) is 0 Å². The highest BCUT2D eigenvalue weighted by atomic mass is 32.1. The summed E-state index contributed by atoms with van der Waals surface area (Å²) in [6, 6.07) is 6.37. The van der Waals surface area contributed by atoms with E-state index in [0.717, 1.165) is 48.6 Å². The van der Waals surface area contributed by atoms with Crippen molar-refractivity contribution in [3.05, 3.63) is 47.9 Å². The molecule has 0 radical (unpaired) electrons. The number of ether oxygens (including phenoxy) is 1. The molecule has 8 heteroatoms. The predicted octanol–water partition coefficient (Wildman–Crippen LogP) is 4.87. The van der Waals surface area contributed by atoms with Gasteiger partial charge in [0.15, 0.2) is 0 Å². The van der Waals surface area contributed by atoms with E-state index in [0.29, 0.717) is 24.5 Å². The number of nitrogens with two attached hydrogens (primary N) is 1. The summed E-state index contributed by atoms with van der Waals surface area (Å²) in [5.74, 6) is 1.24. The van der Waals surface area contributed by atoms with Gasteiger partial charge in [0.25, 0.3) is 0 Å². The Morgan fingerprint density at radius 3 is 2.73 bits per heavy atom. The maximum Gasteiger partial charge on any atom is 0.249 e. The van der Waals surface area contributed by atoms with E-state index in [1.807, 2.05) is 11.0 Å². The summed E-state index contributed by atoms with van der Waals surface area (Å²) >= 11 is 1.66. The number of anilines is 1. The number of benzene rings is 1. The maximum atomic E-state index is 12.9. The van der Waals surface area contributed by atoms with E-state index >= 15 is 0 Å². The Balaban J connectivity index is 1.84. The molecular formula is C25H27N5O2S. The zero-order chi connectivity index (χ0) is 23.7. The van der Waals surface area contributed by atoms with Crippen molar-refractivity contribution in [2.45, 2.75) is 39.8 Å². The molecule has 1 amide bonds. The molecule has 0 spiro atoms. The second-order valence-corrected chi connectivity index (χ2v) is 10.4. The first-order valence-electron chi connectivity index (χ1n) is 10.8. The van der Waals surface area contributed by atoms with E-state index in [1.165, 1.54) is 6.33 Å². The molecule has 0 saturated carbocycles. The van der Waals surface area contributed by atoms with Crippen LogP contribution in [0.3, 0.4) is 0 Å². The van der Waals surface area contributed by atoms with Crippen LogP contribution < -0.4 is 10.5 Å². The van der Waals surface area contributed by atoms with Gasteiger partial charge in [-0.05, 0) is 50.8 Å². The molecule has 0 fully saturated rings. The molecule has 33 heavy (non-hydrogen) atoms. The summed E-state index contributed by atoms with van der Waals surface area (Å²) in [7, 11) is 1.69. The molecule has 4 heterocycles. The van der Waals surface area contributed by atoms with Crippen molar-refractivity contribution in [2.24, 2.45) is 0 Å². The largest absolute Gasteiger partial charge is 0.495 e. The number of fused-ring (bicyclic) bond motifs is 4. The molecule has 0 unspecified atom stereocenters. The molecule has 0 bridgehead atoms. The number of carbonyl (C=O) groups excluding carboxylic acids is 1. The predicted molar refractivity (Wildman–Crippen MR) is 134 cm³/mol. The lowest BCUT2D eigenvalue weighted by Gasteiger charge is -2.41. The third-order valence-corrected chi connectivity index (χ3v) is 7.43. The molecule has 170 valence electrons. The normalized spacial score (nSPS) is 15.1. The number of nitrogen functional groups attached to an aromatic ring is 1. The first kappa shape index (κ1) is 21.5. The number of hydrogen-bond acceptors (Lipinski definition) is 6. The van der Waals surface area contributed by atoms with Crippen LogP contribution in [0, 0.1) is 6.92 Å². The zero-order valence-corrected chi connectivity index (χ0v) is 20.3. The van der Waals surface area contributed by atoms with Crippen LogP contribution in [0.15, 0.2) is 36.7 Å². The maximum absolute atomic E-state index is 12.9. The number of thiophene rings is 1. The smallest absolute Gasteiger partial charge is 0.249 e. The highest BCUT2D eigenvalue weighted by molar-refractivity contribution is 7.22. The average molecular weight is 462 g/mol. The third-order valence-electron chi connectivity index (χ3n) is 6.25. The van der Waals surface area contributed by atoms with Crippen molar-refractivity contribution in [3.63, 3.8) is 0 Å². The Morgan fingerprint density at radius 2 is 2.03 bits per heavy atom. The molecule has 0 aliphatic carbocycles. The van der Waals surface area contributed by atoms with E-state index in [-0.39, 0.29) is 11.4 Å². The van der Waals surface area contributed by atoms with Crippen molar-refractivity contribution in [3.8, 4) is 16.2 Å². The number of rotatable bonds is 3. The van der Waals surface area contributed by atoms with Gasteiger partial charge in [0, 0.05) is 28.3 Å². The Kier molecular flexibility index (Phi) is 4.75. The van der Waals surface area contributed by atoms with Gasteiger partial charge in [-0.3, -0.25) is 4.79 Å². The summed E-state index contributed by atoms with van der Waals surface area (Å²) in [6.45, 7) is 12.9. The number of amides is 1. The zero-order valence-electron chi connectivity index (χ0n) is 19.5. The Bertz CT molecular complexity index is 1460. The van der Waals surface area contributed by atoms with Crippen LogP contribution in [-0.2, 0) is 16.9 Å². The molecular weight excluding hydrogens is 434 g/mol. The SMILES string of the molecule is C=C(C)C(=O)N1Cc2c(-c3cc4cc(C)cc(OC)c4s3)c3c(N)ncnc3n2C(C)(C)C1. The van der Waals surface area contributed by atoms with Crippen molar-refractivity contribution in [1.82, 2.24) is 19.4 Å². The standard InChI is InChI=1S/C25H27N5O2S/c1-13(2)24(31)29-10-16-19(18-9-15-7-14(3)8-17(32-6)21(15)33-18)20-22(26)27-12-28-23(20)30(16)25(4,5)11-29/h7-9,12H,1,10-11H2,2-6H3,(H2,26,27,28). The number of aryl methyl sites for hydroxylation is 1. The lowest BCUT2D eigenvalue weighted by molar-refractivity contribution is -0.129. The summed E-state index contributed by atoms with van der Waals surface area (Å²) in [6.07, 6.45) is 1.51. The van der Waals surface area contributed by atoms with Gasteiger partial charge in [-0.1, -0.05) is 12.6 Å². The minimum Gasteiger partial charge on any atom is -0.495 e. The van der Waals surface area contributed by atoms with Gasteiger partial charge in [0.1, 0.15) is 23.5 Å². The molecule has 2 N–H and O–H groups in total. The van der Waals surface area contributed by atoms with Crippen LogP contribution in [0.25, 0.3) is 31.6 Å². The summed E-state index contributed by atoms with van der Waals surface area (Å²) in [4.78, 5) is 24.8. The Labute approximate surface area is 196 Å². The van der Waals surface area contributed by atoms with E-state index in [9.17, 15) is 4.79 Å². The van der Waals surface area contributed by atoms with Crippen molar-refractivity contribution < 1.29 is 9.53 Å². The molecule has 0 saturated heterocycles. The fourth-order valence-electron chi connectivity index (χ4n) is 4.98. The fourth-order valence-corrected chi connectivity index (χ4v) is 6.18. The minimum absolute atomic E-state index is 0.0433. The molecule has 5 rings (SSSR count). The number of nitrogens with zero attached hydrogens (tertiary/aromatic N) is 4. The van der Waals surface area contributed by atoms with E-state index in [2.05, 4.69) is 54.0 Å². The summed E-state index contributed by atoms with van der Waals surface area (Å²) < 4.78 is 8.97. The van der Waals surface area contributed by atoms with Crippen molar-refractivity contribution >= 4 is 44.2 Å². The summed E-state index contributed by atoms with van der Waals surface area (Å²) in [5, 5.41) is 1.94. The van der Waals surface area contributed by atoms with Gasteiger partial charge in [-0.2, -0.15) is 0 Å². The van der Waals surface area contributed by atoms with Gasteiger partial charge in [-0.25, -0.2) is 9.97 Å². The van der Waals surface area contributed by atoms with Crippen LogP contribution in [-0.4, -0.2) is 39.0 Å². The van der Waals surface area contributed by atoms with Gasteiger partial charge in [-0.15, -0.1) is 11.3 Å². The first-order valence-corrected chi connectivity index (χ1v) is 11.6. The van der Waals surface area contributed by atoms with Crippen molar-refractivity contribution in [1.29, 1.82) is 0 Å². The molecule has 7 nitrogen and oxygen atoms in total. The third kappa shape index (κ3) is 3.20. The van der Waals surface area contributed by atoms with Gasteiger partial charge in [0.2, 0.25) is 5.91 Å². The van der Waals surface area contributed by atoms with Crippen LogP contribution in [0.4, 0.5) is 5.82 Å². The second-order valence-electron chi connectivity index (χ2n) is 9.36. The monoisotopic (exact) mass is 461 g/mol. The van der Waals surface area contributed by atoms with Gasteiger partial charge < -0.3 is 19.9 Å². The summed E-state index contributed by atoms with van der Waals surface area (Å²) in [5.41, 5.74) is 10.5. The van der Waals surface area contributed by atoms with E-state index in [1.54, 1.807) is 25.4 Å². The minimum atomic E-state index is -0.388. The van der Waals surface area contributed by atoms with E-state index in [4.69, 9.17) is 10.5 Å². The number of hydrogen-bond donors (Lipinski definition) is 1. The first-order chi connectivity index (χ1) is 15.6.